The number of carbonyl (C=O) groups excluding carboxylic acids is 1. The van der Waals surface area contributed by atoms with Gasteiger partial charge in [0.15, 0.2) is 0 Å². The molecule has 2 atom stereocenters. The highest BCUT2D eigenvalue weighted by Gasteiger charge is 2.33. The molecular weight excluding hydrogens is 292 g/mol. The molecule has 22 heavy (non-hydrogen) atoms. The number of amides is 1. The van der Waals surface area contributed by atoms with Crippen molar-refractivity contribution in [2.75, 3.05) is 13.1 Å². The van der Waals surface area contributed by atoms with Gasteiger partial charge in [-0.1, -0.05) is 12.8 Å². The van der Waals surface area contributed by atoms with Crippen LogP contribution in [0.15, 0.2) is 11.4 Å². The molecule has 0 radical (unpaired) electrons. The Hall–Kier alpha value is -0.870. The average molecular weight is 318 g/mol. The van der Waals surface area contributed by atoms with E-state index in [2.05, 4.69) is 21.7 Å². The predicted octanol–water partition coefficient (Wildman–Crippen LogP) is 3.51. The van der Waals surface area contributed by atoms with E-state index in [0.717, 1.165) is 32.4 Å². The average Bonchev–Trinajstić information content (AvgIpc) is 3.28. The van der Waals surface area contributed by atoms with Crippen LogP contribution in [-0.2, 0) is 11.2 Å². The molecule has 4 heteroatoms. The fourth-order valence-electron chi connectivity index (χ4n) is 4.47. The lowest BCUT2D eigenvalue weighted by atomic mass is 9.93. The van der Waals surface area contributed by atoms with E-state index in [1.807, 2.05) is 11.3 Å². The Bertz CT molecular complexity index is 535. The summed E-state index contributed by atoms with van der Waals surface area (Å²) in [6, 6.07) is 3.30. The maximum absolute atomic E-state index is 12.5. The summed E-state index contributed by atoms with van der Waals surface area (Å²) in [7, 11) is 0. The zero-order valence-electron chi connectivity index (χ0n) is 13.2. The Morgan fingerprint density at radius 1 is 1.18 bits per heavy atom. The summed E-state index contributed by atoms with van der Waals surface area (Å²) in [5.74, 6) is 0.763. The molecule has 2 heterocycles. The van der Waals surface area contributed by atoms with Crippen LogP contribution in [0.3, 0.4) is 0 Å². The molecule has 0 aromatic carbocycles. The first-order valence-corrected chi connectivity index (χ1v) is 9.80. The molecule has 1 saturated carbocycles. The van der Waals surface area contributed by atoms with Gasteiger partial charge in [-0.3, -0.25) is 4.79 Å². The van der Waals surface area contributed by atoms with E-state index < -0.39 is 0 Å². The van der Waals surface area contributed by atoms with Gasteiger partial charge in [0.2, 0.25) is 5.91 Å². The van der Waals surface area contributed by atoms with Gasteiger partial charge >= 0.3 is 0 Å². The Morgan fingerprint density at radius 3 is 2.91 bits per heavy atom. The van der Waals surface area contributed by atoms with E-state index in [4.69, 9.17) is 0 Å². The highest BCUT2D eigenvalue weighted by atomic mass is 32.1. The van der Waals surface area contributed by atoms with Crippen molar-refractivity contribution in [3.63, 3.8) is 0 Å². The van der Waals surface area contributed by atoms with Crippen molar-refractivity contribution in [3.8, 4) is 0 Å². The van der Waals surface area contributed by atoms with E-state index in [1.165, 1.54) is 37.7 Å². The van der Waals surface area contributed by atoms with E-state index in [1.54, 1.807) is 4.88 Å². The van der Waals surface area contributed by atoms with Gasteiger partial charge in [0, 0.05) is 36.0 Å². The molecule has 4 rings (SSSR count). The second-order valence-electron chi connectivity index (χ2n) is 7.16. The molecule has 1 N–H and O–H groups in total. The molecule has 0 unspecified atom stereocenters. The summed E-state index contributed by atoms with van der Waals surface area (Å²) in [5.41, 5.74) is 1.52. The quantitative estimate of drug-likeness (QED) is 0.925. The highest BCUT2D eigenvalue weighted by molar-refractivity contribution is 7.10. The lowest BCUT2D eigenvalue weighted by Gasteiger charge is -2.27. The largest absolute Gasteiger partial charge is 0.341 e. The van der Waals surface area contributed by atoms with Crippen molar-refractivity contribution in [2.24, 2.45) is 5.92 Å². The van der Waals surface area contributed by atoms with Crippen LogP contribution < -0.4 is 5.32 Å². The summed E-state index contributed by atoms with van der Waals surface area (Å²) in [5, 5.41) is 6.08. The summed E-state index contributed by atoms with van der Waals surface area (Å²) in [4.78, 5) is 16.2. The Balaban J connectivity index is 1.35. The van der Waals surface area contributed by atoms with Crippen LogP contribution in [0, 0.1) is 5.92 Å². The second kappa shape index (κ2) is 6.32. The van der Waals surface area contributed by atoms with Gasteiger partial charge in [0.05, 0.1) is 0 Å². The number of thiophene rings is 1. The Kier molecular flexibility index (Phi) is 4.23. The minimum absolute atomic E-state index is 0.330. The number of rotatable bonds is 3. The van der Waals surface area contributed by atoms with Crippen LogP contribution in [0.1, 0.15) is 61.4 Å². The molecule has 0 spiro atoms. The zero-order valence-corrected chi connectivity index (χ0v) is 14.0. The summed E-state index contributed by atoms with van der Waals surface area (Å²) in [6.45, 7) is 1.88. The van der Waals surface area contributed by atoms with Gasteiger partial charge in [0.25, 0.3) is 0 Å². The SMILES string of the molecule is O=C(C1CCCC1)N1CC[C@@H](N[C@@H]2CCCc3sccc32)C1. The van der Waals surface area contributed by atoms with Gasteiger partial charge in [0.1, 0.15) is 0 Å². The number of nitrogens with one attached hydrogen (secondary N) is 1. The first kappa shape index (κ1) is 14.7. The van der Waals surface area contributed by atoms with Gasteiger partial charge in [-0.2, -0.15) is 0 Å². The molecule has 120 valence electrons. The number of aryl methyl sites for hydroxylation is 1. The van der Waals surface area contributed by atoms with Crippen LogP contribution in [0.2, 0.25) is 0 Å². The third-order valence-corrected chi connectivity index (χ3v) is 6.69. The molecule has 3 aliphatic rings. The van der Waals surface area contributed by atoms with Crippen molar-refractivity contribution in [1.82, 2.24) is 10.2 Å². The molecule has 1 amide bonds. The molecule has 0 bridgehead atoms. The first-order chi connectivity index (χ1) is 10.8. The van der Waals surface area contributed by atoms with Crippen molar-refractivity contribution in [2.45, 2.75) is 63.5 Å². The molecule has 2 fully saturated rings. The fourth-order valence-corrected chi connectivity index (χ4v) is 5.46. The molecule has 2 aliphatic carbocycles. The number of hydrogen-bond donors (Lipinski definition) is 1. The summed E-state index contributed by atoms with van der Waals surface area (Å²) < 4.78 is 0. The van der Waals surface area contributed by atoms with E-state index in [9.17, 15) is 4.79 Å². The topological polar surface area (TPSA) is 32.3 Å². The zero-order chi connectivity index (χ0) is 14.9. The minimum Gasteiger partial charge on any atom is -0.341 e. The van der Waals surface area contributed by atoms with Crippen LogP contribution in [0.4, 0.5) is 0 Å². The number of carbonyl (C=O) groups is 1. The fraction of sp³-hybridized carbons (Fsp3) is 0.722. The first-order valence-electron chi connectivity index (χ1n) is 8.92. The molecule has 1 saturated heterocycles. The van der Waals surface area contributed by atoms with Crippen molar-refractivity contribution in [1.29, 1.82) is 0 Å². The number of hydrogen-bond acceptors (Lipinski definition) is 3. The van der Waals surface area contributed by atoms with E-state index >= 15 is 0 Å². The van der Waals surface area contributed by atoms with E-state index in [-0.39, 0.29) is 0 Å². The standard InChI is InChI=1S/C18H26N2OS/c21-18(13-4-1-2-5-13)20-10-8-14(12-20)19-16-6-3-7-17-15(16)9-11-22-17/h9,11,13-14,16,19H,1-8,10,12H2/t14-,16-/m1/s1. The van der Waals surface area contributed by atoms with Crippen LogP contribution in [0.5, 0.6) is 0 Å². The lowest BCUT2D eigenvalue weighted by Crippen LogP contribution is -2.39. The van der Waals surface area contributed by atoms with Gasteiger partial charge in [-0.15, -0.1) is 11.3 Å². The molecule has 1 aromatic heterocycles. The normalized spacial score (nSPS) is 29.0. The maximum Gasteiger partial charge on any atom is 0.225 e. The smallest absolute Gasteiger partial charge is 0.225 e. The molecule has 1 aliphatic heterocycles. The number of fused-ring (bicyclic) bond motifs is 1. The Morgan fingerprint density at radius 2 is 2.05 bits per heavy atom. The third kappa shape index (κ3) is 2.83. The monoisotopic (exact) mass is 318 g/mol. The minimum atomic E-state index is 0.330. The van der Waals surface area contributed by atoms with Gasteiger partial charge in [-0.25, -0.2) is 0 Å². The van der Waals surface area contributed by atoms with Crippen LogP contribution in [0.25, 0.3) is 0 Å². The van der Waals surface area contributed by atoms with Crippen LogP contribution >= 0.6 is 11.3 Å². The third-order valence-electron chi connectivity index (χ3n) is 5.69. The summed E-state index contributed by atoms with van der Waals surface area (Å²) in [6.07, 6.45) is 9.64. The molecule has 3 nitrogen and oxygen atoms in total. The maximum atomic E-state index is 12.5. The highest BCUT2D eigenvalue weighted by Crippen LogP contribution is 2.34. The van der Waals surface area contributed by atoms with Crippen LogP contribution in [-0.4, -0.2) is 29.9 Å². The summed E-state index contributed by atoms with van der Waals surface area (Å²) >= 11 is 1.90. The second-order valence-corrected chi connectivity index (χ2v) is 8.16. The van der Waals surface area contributed by atoms with Gasteiger partial charge < -0.3 is 10.2 Å². The predicted molar refractivity (Wildman–Crippen MR) is 90.1 cm³/mol. The molecular formula is C18H26N2OS. The van der Waals surface area contributed by atoms with E-state index in [0.29, 0.717) is 23.9 Å². The lowest BCUT2D eigenvalue weighted by molar-refractivity contribution is -0.134. The number of likely N-dealkylation sites (tertiary alicyclic amines) is 1. The van der Waals surface area contributed by atoms with Crippen molar-refractivity contribution in [3.05, 3.63) is 21.9 Å². The van der Waals surface area contributed by atoms with Crippen molar-refractivity contribution < 1.29 is 4.79 Å². The Labute approximate surface area is 137 Å². The van der Waals surface area contributed by atoms with Gasteiger partial charge in [-0.05, 0) is 55.5 Å². The van der Waals surface area contributed by atoms with Crippen molar-refractivity contribution >= 4 is 17.2 Å². The molecule has 1 aromatic rings. The number of nitrogens with zero attached hydrogens (tertiary/aromatic N) is 1.